The number of fused-ring (bicyclic) bond motifs is 1. The lowest BCUT2D eigenvalue weighted by Crippen LogP contribution is -2.35. The predicted molar refractivity (Wildman–Crippen MR) is 106 cm³/mol. The van der Waals surface area contributed by atoms with E-state index >= 15 is 0 Å². The molecule has 6 nitrogen and oxygen atoms in total. The number of nitrogens with zero attached hydrogens (tertiary/aromatic N) is 2. The molecule has 0 radical (unpaired) electrons. The number of hydrogen-bond acceptors (Lipinski definition) is 4. The van der Waals surface area contributed by atoms with Crippen LogP contribution in [0.25, 0.3) is 10.8 Å². The van der Waals surface area contributed by atoms with Gasteiger partial charge in [-0.25, -0.2) is 0 Å². The monoisotopic (exact) mass is 372 g/mol. The highest BCUT2D eigenvalue weighted by Crippen LogP contribution is 2.34. The van der Waals surface area contributed by atoms with Gasteiger partial charge in [0.1, 0.15) is 0 Å². The van der Waals surface area contributed by atoms with Gasteiger partial charge in [-0.05, 0) is 44.2 Å². The van der Waals surface area contributed by atoms with E-state index in [0.717, 1.165) is 19.5 Å². The highest BCUT2D eigenvalue weighted by molar-refractivity contribution is 6.07. The van der Waals surface area contributed by atoms with E-state index in [9.17, 15) is 9.59 Å². The van der Waals surface area contributed by atoms with Gasteiger partial charge in [-0.1, -0.05) is 6.92 Å². The van der Waals surface area contributed by atoms with Gasteiger partial charge in [0, 0.05) is 31.2 Å². The van der Waals surface area contributed by atoms with Crippen molar-refractivity contribution in [3.05, 3.63) is 34.2 Å². The SMILES string of the molecule is CCCN(CC1CC1)C(=O)c1cn(CC)c(=O)c2cc(OC)c(OC)cc12. The number of carbonyl (C=O) groups excluding carboxylic acids is 1. The van der Waals surface area contributed by atoms with Crippen LogP contribution in [0.4, 0.5) is 0 Å². The van der Waals surface area contributed by atoms with Gasteiger partial charge in [-0.3, -0.25) is 9.59 Å². The Morgan fingerprint density at radius 2 is 1.78 bits per heavy atom. The van der Waals surface area contributed by atoms with Crippen LogP contribution in [0.2, 0.25) is 0 Å². The summed E-state index contributed by atoms with van der Waals surface area (Å²) in [6.45, 7) is 5.98. The van der Waals surface area contributed by atoms with Crippen LogP contribution in [0.5, 0.6) is 11.5 Å². The van der Waals surface area contributed by atoms with Crippen molar-refractivity contribution < 1.29 is 14.3 Å². The van der Waals surface area contributed by atoms with Crippen LogP contribution in [-0.4, -0.2) is 42.7 Å². The van der Waals surface area contributed by atoms with Crippen molar-refractivity contribution >= 4 is 16.7 Å². The second-order valence-electron chi connectivity index (χ2n) is 7.08. The predicted octanol–water partition coefficient (Wildman–Crippen LogP) is 3.30. The molecule has 27 heavy (non-hydrogen) atoms. The highest BCUT2D eigenvalue weighted by atomic mass is 16.5. The fourth-order valence-electron chi connectivity index (χ4n) is 3.45. The fourth-order valence-corrected chi connectivity index (χ4v) is 3.45. The van der Waals surface area contributed by atoms with Crippen molar-refractivity contribution in [1.82, 2.24) is 9.47 Å². The zero-order chi connectivity index (χ0) is 19.6. The van der Waals surface area contributed by atoms with E-state index in [4.69, 9.17) is 9.47 Å². The van der Waals surface area contributed by atoms with Crippen LogP contribution in [0, 0.1) is 5.92 Å². The van der Waals surface area contributed by atoms with Gasteiger partial charge in [-0.15, -0.1) is 0 Å². The number of benzene rings is 1. The normalized spacial score (nSPS) is 13.6. The Hall–Kier alpha value is -2.50. The minimum Gasteiger partial charge on any atom is -0.493 e. The number of aryl methyl sites for hydroxylation is 1. The average molecular weight is 372 g/mol. The molecule has 1 aliphatic rings. The summed E-state index contributed by atoms with van der Waals surface area (Å²) in [4.78, 5) is 28.1. The lowest BCUT2D eigenvalue weighted by atomic mass is 10.0. The average Bonchev–Trinajstić information content (AvgIpc) is 3.50. The molecule has 6 heteroatoms. The molecule has 1 aromatic carbocycles. The standard InChI is InChI=1S/C21H28N2O4/c1-5-9-23(12-14-7-8-14)21(25)17-13-22(6-2)20(24)16-11-19(27-4)18(26-3)10-15(16)17/h10-11,13-14H,5-9,12H2,1-4H3. The third-order valence-electron chi connectivity index (χ3n) is 5.12. The highest BCUT2D eigenvalue weighted by Gasteiger charge is 2.28. The molecule has 1 fully saturated rings. The molecule has 1 amide bonds. The molecule has 2 aromatic rings. The largest absolute Gasteiger partial charge is 0.493 e. The Labute approximate surface area is 159 Å². The summed E-state index contributed by atoms with van der Waals surface area (Å²) in [5.41, 5.74) is 0.413. The molecule has 0 atom stereocenters. The van der Waals surface area contributed by atoms with E-state index in [0.29, 0.717) is 40.3 Å². The molecule has 1 aliphatic carbocycles. The number of ether oxygens (including phenoxy) is 2. The molecule has 0 unspecified atom stereocenters. The fraction of sp³-hybridized carbons (Fsp3) is 0.524. The summed E-state index contributed by atoms with van der Waals surface area (Å²) in [5.74, 6) is 1.58. The Morgan fingerprint density at radius 1 is 1.15 bits per heavy atom. The number of aromatic nitrogens is 1. The van der Waals surface area contributed by atoms with Gasteiger partial charge in [0.25, 0.3) is 11.5 Å². The van der Waals surface area contributed by atoms with Crippen molar-refractivity contribution in [2.75, 3.05) is 27.3 Å². The maximum Gasteiger partial charge on any atom is 0.258 e. The summed E-state index contributed by atoms with van der Waals surface area (Å²) in [6, 6.07) is 3.41. The third kappa shape index (κ3) is 3.80. The number of hydrogen-bond donors (Lipinski definition) is 0. The number of rotatable bonds is 8. The Bertz CT molecular complexity index is 899. The van der Waals surface area contributed by atoms with Gasteiger partial charge in [0.05, 0.1) is 25.2 Å². The number of carbonyl (C=O) groups is 1. The summed E-state index contributed by atoms with van der Waals surface area (Å²) in [7, 11) is 3.09. The molecule has 1 aromatic heterocycles. The van der Waals surface area contributed by atoms with Gasteiger partial charge < -0.3 is 18.9 Å². The van der Waals surface area contributed by atoms with Crippen molar-refractivity contribution in [1.29, 1.82) is 0 Å². The minimum atomic E-state index is -0.130. The van der Waals surface area contributed by atoms with E-state index in [2.05, 4.69) is 6.92 Å². The van der Waals surface area contributed by atoms with E-state index in [1.807, 2.05) is 11.8 Å². The van der Waals surface area contributed by atoms with Crippen molar-refractivity contribution in [2.24, 2.45) is 5.92 Å². The maximum absolute atomic E-state index is 13.4. The van der Waals surface area contributed by atoms with Crippen LogP contribution in [0.3, 0.4) is 0 Å². The Kier molecular flexibility index (Phi) is 5.73. The number of pyridine rings is 1. The lowest BCUT2D eigenvalue weighted by Gasteiger charge is -2.23. The second kappa shape index (κ2) is 8.03. The Balaban J connectivity index is 2.18. The molecular weight excluding hydrogens is 344 g/mol. The first-order valence-electron chi connectivity index (χ1n) is 9.62. The summed E-state index contributed by atoms with van der Waals surface area (Å²) < 4.78 is 12.3. The van der Waals surface area contributed by atoms with E-state index in [-0.39, 0.29) is 11.5 Å². The van der Waals surface area contributed by atoms with Crippen LogP contribution >= 0.6 is 0 Å². The van der Waals surface area contributed by atoms with Crippen LogP contribution in [-0.2, 0) is 6.54 Å². The zero-order valence-electron chi connectivity index (χ0n) is 16.6. The molecule has 146 valence electrons. The van der Waals surface area contributed by atoms with Gasteiger partial charge in [0.15, 0.2) is 11.5 Å². The molecule has 0 bridgehead atoms. The zero-order valence-corrected chi connectivity index (χ0v) is 16.6. The lowest BCUT2D eigenvalue weighted by molar-refractivity contribution is 0.0749. The number of methoxy groups -OCH3 is 2. The van der Waals surface area contributed by atoms with Crippen LogP contribution in [0.15, 0.2) is 23.1 Å². The molecule has 1 heterocycles. The van der Waals surface area contributed by atoms with E-state index < -0.39 is 0 Å². The van der Waals surface area contributed by atoms with Gasteiger partial charge in [-0.2, -0.15) is 0 Å². The van der Waals surface area contributed by atoms with Crippen molar-refractivity contribution in [2.45, 2.75) is 39.7 Å². The van der Waals surface area contributed by atoms with E-state index in [1.165, 1.54) is 20.0 Å². The molecule has 0 aliphatic heterocycles. The first-order chi connectivity index (χ1) is 13.0. The first kappa shape index (κ1) is 19.3. The smallest absolute Gasteiger partial charge is 0.258 e. The molecule has 3 rings (SSSR count). The topological polar surface area (TPSA) is 60.8 Å². The molecule has 0 spiro atoms. The summed E-state index contributed by atoms with van der Waals surface area (Å²) in [6.07, 6.45) is 4.97. The molecule has 0 N–H and O–H groups in total. The van der Waals surface area contributed by atoms with Crippen LogP contribution in [0.1, 0.15) is 43.5 Å². The molecule has 1 saturated carbocycles. The first-order valence-corrected chi connectivity index (χ1v) is 9.62. The number of amides is 1. The summed E-state index contributed by atoms with van der Waals surface area (Å²) in [5, 5.41) is 1.09. The maximum atomic E-state index is 13.4. The quantitative estimate of drug-likeness (QED) is 0.713. The molecule has 0 saturated heterocycles. The van der Waals surface area contributed by atoms with Crippen molar-refractivity contribution in [3.8, 4) is 11.5 Å². The molecular formula is C21H28N2O4. The minimum absolute atomic E-state index is 0.0248. The van der Waals surface area contributed by atoms with Gasteiger partial charge >= 0.3 is 0 Å². The van der Waals surface area contributed by atoms with Crippen LogP contribution < -0.4 is 15.0 Å². The third-order valence-corrected chi connectivity index (χ3v) is 5.12. The van der Waals surface area contributed by atoms with Crippen molar-refractivity contribution in [3.63, 3.8) is 0 Å². The second-order valence-corrected chi connectivity index (χ2v) is 7.08. The summed E-state index contributed by atoms with van der Waals surface area (Å²) >= 11 is 0. The van der Waals surface area contributed by atoms with Gasteiger partial charge in [0.2, 0.25) is 0 Å². The Morgan fingerprint density at radius 3 is 2.30 bits per heavy atom. The van der Waals surface area contributed by atoms with E-state index in [1.54, 1.807) is 30.0 Å².